The number of nitriles is 1. The van der Waals surface area contributed by atoms with Crippen LogP contribution in [-0.2, 0) is 6.54 Å². The van der Waals surface area contributed by atoms with Gasteiger partial charge in [-0.3, -0.25) is 4.90 Å². The van der Waals surface area contributed by atoms with E-state index in [0.717, 1.165) is 44.0 Å². The zero-order chi connectivity index (χ0) is 27.5. The third kappa shape index (κ3) is 6.82. The lowest BCUT2D eigenvalue weighted by molar-refractivity contribution is 0.233. The first-order valence-corrected chi connectivity index (χ1v) is 13.0. The Balaban J connectivity index is 0.000000956. The van der Waals surface area contributed by atoms with Crippen molar-refractivity contribution in [1.82, 2.24) is 30.2 Å². The topological polar surface area (TPSA) is 115 Å². The molecule has 0 unspecified atom stereocenters. The Morgan fingerprint density at radius 1 is 1.08 bits per heavy atom. The number of benzene rings is 1. The molecule has 0 radical (unpaired) electrons. The molecular weight excluding hydrogens is 483 g/mol. The van der Waals surface area contributed by atoms with Crippen LogP contribution < -0.4 is 15.4 Å². The van der Waals surface area contributed by atoms with Crippen LogP contribution in [0, 0.1) is 24.1 Å². The van der Waals surface area contributed by atoms with Crippen molar-refractivity contribution in [3.63, 3.8) is 0 Å². The van der Waals surface area contributed by atoms with Gasteiger partial charge in [0.1, 0.15) is 18.2 Å². The van der Waals surface area contributed by atoms with Crippen molar-refractivity contribution in [2.75, 3.05) is 31.5 Å². The predicted octanol–water partition coefficient (Wildman–Crippen LogP) is 5.67. The molecule has 200 valence electrons. The number of ether oxygens (including phenoxy) is 1. The van der Waals surface area contributed by atoms with Gasteiger partial charge >= 0.3 is 0 Å². The zero-order valence-corrected chi connectivity index (χ0v) is 22.6. The minimum Gasteiger partial charge on any atom is -0.434 e. The van der Waals surface area contributed by atoms with Crippen LogP contribution in [0.5, 0.6) is 11.6 Å². The third-order valence-electron chi connectivity index (χ3n) is 5.65. The van der Waals surface area contributed by atoms with Gasteiger partial charge in [0.15, 0.2) is 22.9 Å². The molecule has 1 saturated heterocycles. The quantitative estimate of drug-likeness (QED) is 0.299. The van der Waals surface area contributed by atoms with Gasteiger partial charge in [0.25, 0.3) is 0 Å². The largest absolute Gasteiger partial charge is 0.434 e. The van der Waals surface area contributed by atoms with E-state index >= 15 is 0 Å². The number of halogens is 1. The van der Waals surface area contributed by atoms with Crippen molar-refractivity contribution in [1.29, 1.82) is 5.26 Å². The number of nitrogens with zero attached hydrogens (tertiary/aromatic N) is 5. The Bertz CT molecular complexity index is 1360. The van der Waals surface area contributed by atoms with Crippen molar-refractivity contribution in [2.24, 2.45) is 0 Å². The molecule has 9 nitrogen and oxygen atoms in total. The molecule has 0 amide bonds. The monoisotopic (exact) mass is 518 g/mol. The number of fused-ring (bicyclic) bond motifs is 1. The number of H-pyrrole nitrogens is 1. The standard InChI is InChI=1S/C24H23FN8O.2C2H6/c1-15-10-17-19(31-15)3-4-20(22(17)25)34-24-18(11-26)23(29-14-30-24)32-21-5-2-16(12-28-21)13-33-8-6-27-7-9-33;2*1-2/h2-5,10,12,14,27,31H,6-9,13H2,1H3,(H,28,29,30,32);2*1-2H3. The highest BCUT2D eigenvalue weighted by Gasteiger charge is 2.18. The number of aryl methyl sites for hydroxylation is 1. The third-order valence-corrected chi connectivity index (χ3v) is 5.65. The number of nitrogens with one attached hydrogen (secondary N) is 3. The smallest absolute Gasteiger partial charge is 0.242 e. The van der Waals surface area contributed by atoms with Gasteiger partial charge < -0.3 is 20.4 Å². The molecule has 3 N–H and O–H groups in total. The van der Waals surface area contributed by atoms with Gasteiger partial charge in [-0.05, 0) is 36.8 Å². The normalized spacial score (nSPS) is 13.0. The highest BCUT2D eigenvalue weighted by molar-refractivity contribution is 5.83. The van der Waals surface area contributed by atoms with Crippen LogP contribution in [0.2, 0.25) is 0 Å². The molecule has 5 rings (SSSR count). The fourth-order valence-corrected chi connectivity index (χ4v) is 3.95. The summed E-state index contributed by atoms with van der Waals surface area (Å²) in [6.07, 6.45) is 3.06. The van der Waals surface area contributed by atoms with Crippen LogP contribution in [0.4, 0.5) is 16.0 Å². The van der Waals surface area contributed by atoms with Gasteiger partial charge in [0.05, 0.1) is 0 Å². The number of aromatic nitrogens is 4. The first-order valence-electron chi connectivity index (χ1n) is 13.0. The molecule has 4 aromatic rings. The zero-order valence-electron chi connectivity index (χ0n) is 22.6. The summed E-state index contributed by atoms with van der Waals surface area (Å²) in [5.41, 5.74) is 2.66. The van der Waals surface area contributed by atoms with Gasteiger partial charge in [0.2, 0.25) is 5.88 Å². The Kier molecular flexibility index (Phi) is 10.5. The summed E-state index contributed by atoms with van der Waals surface area (Å²) in [7, 11) is 0. The number of pyridine rings is 1. The van der Waals surface area contributed by atoms with E-state index in [9.17, 15) is 9.65 Å². The van der Waals surface area contributed by atoms with E-state index in [1.165, 1.54) is 12.4 Å². The molecule has 0 aliphatic carbocycles. The maximum Gasteiger partial charge on any atom is 0.242 e. The average Bonchev–Trinajstić information content (AvgIpc) is 3.35. The Morgan fingerprint density at radius 3 is 2.53 bits per heavy atom. The number of hydrogen-bond donors (Lipinski definition) is 3. The van der Waals surface area contributed by atoms with Crippen molar-refractivity contribution < 1.29 is 9.13 Å². The van der Waals surface area contributed by atoms with Crippen molar-refractivity contribution in [3.8, 4) is 17.7 Å². The van der Waals surface area contributed by atoms with Gasteiger partial charge in [-0.2, -0.15) is 5.26 Å². The Hall–Kier alpha value is -4.07. The van der Waals surface area contributed by atoms with Gasteiger partial charge in [-0.1, -0.05) is 33.8 Å². The SMILES string of the molecule is CC.CC.Cc1cc2c(F)c(Oc3ncnc(Nc4ccc(CN5CCNCC5)cn4)c3C#N)ccc2[nH]1. The first-order chi connectivity index (χ1) is 18.6. The fraction of sp³-hybridized carbons (Fsp3) is 0.357. The maximum absolute atomic E-state index is 15.0. The molecule has 0 spiro atoms. The summed E-state index contributed by atoms with van der Waals surface area (Å²) < 4.78 is 20.7. The van der Waals surface area contributed by atoms with Gasteiger partial charge in [0, 0.05) is 55.5 Å². The van der Waals surface area contributed by atoms with Gasteiger partial charge in [-0.25, -0.2) is 19.3 Å². The predicted molar refractivity (Wildman–Crippen MR) is 148 cm³/mol. The number of piperazine rings is 1. The summed E-state index contributed by atoms with van der Waals surface area (Å²) in [6, 6.07) is 10.8. The van der Waals surface area contributed by atoms with E-state index in [1.807, 2.05) is 52.8 Å². The molecule has 1 aliphatic heterocycles. The molecule has 38 heavy (non-hydrogen) atoms. The molecule has 0 atom stereocenters. The molecule has 4 heterocycles. The lowest BCUT2D eigenvalue weighted by Gasteiger charge is -2.27. The summed E-state index contributed by atoms with van der Waals surface area (Å²) in [6.45, 7) is 14.7. The van der Waals surface area contributed by atoms with Crippen LogP contribution in [0.15, 0.2) is 42.9 Å². The van der Waals surface area contributed by atoms with E-state index in [1.54, 1.807) is 18.3 Å². The second-order valence-electron chi connectivity index (χ2n) is 8.11. The number of hydrogen-bond acceptors (Lipinski definition) is 8. The number of anilines is 2. The molecule has 10 heteroatoms. The molecule has 3 aromatic heterocycles. The minimum absolute atomic E-state index is 0.0250. The second kappa shape index (κ2) is 14.0. The van der Waals surface area contributed by atoms with Crippen LogP contribution in [0.3, 0.4) is 0 Å². The van der Waals surface area contributed by atoms with E-state index in [0.29, 0.717) is 16.7 Å². The molecule has 1 aromatic carbocycles. The Morgan fingerprint density at radius 2 is 1.84 bits per heavy atom. The number of rotatable bonds is 6. The van der Waals surface area contributed by atoms with E-state index < -0.39 is 5.82 Å². The summed E-state index contributed by atoms with van der Waals surface area (Å²) in [5.74, 6) is 0.166. The number of aromatic amines is 1. The lowest BCUT2D eigenvalue weighted by atomic mass is 10.2. The molecule has 1 fully saturated rings. The van der Waals surface area contributed by atoms with E-state index in [2.05, 4.69) is 35.5 Å². The molecule has 0 bridgehead atoms. The summed E-state index contributed by atoms with van der Waals surface area (Å²) >= 11 is 0. The highest BCUT2D eigenvalue weighted by Crippen LogP contribution is 2.32. The van der Waals surface area contributed by atoms with Crippen molar-refractivity contribution in [3.05, 3.63) is 65.5 Å². The van der Waals surface area contributed by atoms with Crippen molar-refractivity contribution >= 4 is 22.5 Å². The van der Waals surface area contributed by atoms with Gasteiger partial charge in [-0.15, -0.1) is 0 Å². The highest BCUT2D eigenvalue weighted by atomic mass is 19.1. The maximum atomic E-state index is 15.0. The fourth-order valence-electron chi connectivity index (χ4n) is 3.95. The minimum atomic E-state index is -0.527. The lowest BCUT2D eigenvalue weighted by Crippen LogP contribution is -2.42. The first kappa shape index (κ1) is 28.5. The molecule has 1 aliphatic rings. The summed E-state index contributed by atoms with van der Waals surface area (Å²) in [5, 5.41) is 16.5. The summed E-state index contributed by atoms with van der Waals surface area (Å²) in [4.78, 5) is 18.1. The van der Waals surface area contributed by atoms with E-state index in [-0.39, 0.29) is 23.0 Å². The van der Waals surface area contributed by atoms with Crippen LogP contribution in [-0.4, -0.2) is 51.0 Å². The molecular formula is C28H35FN8O. The van der Waals surface area contributed by atoms with Crippen LogP contribution in [0.1, 0.15) is 44.5 Å². The molecule has 0 saturated carbocycles. The van der Waals surface area contributed by atoms with Crippen molar-refractivity contribution in [2.45, 2.75) is 41.2 Å². The van der Waals surface area contributed by atoms with Crippen LogP contribution >= 0.6 is 0 Å². The second-order valence-corrected chi connectivity index (χ2v) is 8.11. The van der Waals surface area contributed by atoms with Crippen LogP contribution in [0.25, 0.3) is 10.9 Å². The van der Waals surface area contributed by atoms with E-state index in [4.69, 9.17) is 4.74 Å². The average molecular weight is 519 g/mol. The Labute approximate surface area is 223 Å².